The van der Waals surface area contributed by atoms with Gasteiger partial charge in [0.2, 0.25) is 0 Å². The number of nitrogens with one attached hydrogen (secondary N) is 1. The highest BCUT2D eigenvalue weighted by Crippen LogP contribution is 2.32. The van der Waals surface area contributed by atoms with E-state index in [0.29, 0.717) is 22.9 Å². The number of aryl methyl sites for hydroxylation is 1. The summed E-state index contributed by atoms with van der Waals surface area (Å²) in [6, 6.07) is 18.1. The van der Waals surface area contributed by atoms with E-state index in [1.165, 1.54) is 18.6 Å². The maximum Gasteiger partial charge on any atom is 0.270 e. The molecule has 2 heterocycles. The molecule has 1 N–H and O–H groups in total. The highest BCUT2D eigenvalue weighted by atomic mass is 19.1. The maximum absolute atomic E-state index is 14.0. The van der Waals surface area contributed by atoms with Crippen LogP contribution in [0.15, 0.2) is 60.7 Å². The number of nitrogens with zero attached hydrogens (tertiary/aromatic N) is 3. The third kappa shape index (κ3) is 4.13. The second-order valence-corrected chi connectivity index (χ2v) is 8.97. The first-order chi connectivity index (χ1) is 16.0. The quantitative estimate of drug-likeness (QED) is 0.432. The Bertz CT molecular complexity index is 1310. The summed E-state index contributed by atoms with van der Waals surface area (Å²) < 4.78 is 15.7. The van der Waals surface area contributed by atoms with Gasteiger partial charge in [-0.3, -0.25) is 4.79 Å². The van der Waals surface area contributed by atoms with Crippen LogP contribution in [0.25, 0.3) is 28.0 Å². The third-order valence-corrected chi connectivity index (χ3v) is 6.60. The first-order valence-corrected chi connectivity index (χ1v) is 11.5. The molecule has 0 radical (unpaired) electrons. The highest BCUT2D eigenvalue weighted by Gasteiger charge is 2.25. The number of hydrogen-bond donors (Lipinski definition) is 1. The summed E-state index contributed by atoms with van der Waals surface area (Å²) in [6.45, 7) is 4.16. The Morgan fingerprint density at radius 2 is 1.85 bits per heavy atom. The molecular weight excluding hydrogens is 415 g/mol. The van der Waals surface area contributed by atoms with Gasteiger partial charge in [-0.1, -0.05) is 56.2 Å². The second-order valence-electron chi connectivity index (χ2n) is 8.97. The fourth-order valence-electron chi connectivity index (χ4n) is 4.77. The van der Waals surface area contributed by atoms with E-state index in [1.807, 2.05) is 43.3 Å². The highest BCUT2D eigenvalue weighted by molar-refractivity contribution is 5.99. The van der Waals surface area contributed by atoms with Gasteiger partial charge in [0.05, 0.1) is 11.1 Å². The van der Waals surface area contributed by atoms with Crippen LogP contribution in [0.4, 0.5) is 4.39 Å². The van der Waals surface area contributed by atoms with Crippen molar-refractivity contribution in [1.82, 2.24) is 20.1 Å². The zero-order chi connectivity index (χ0) is 22.9. The van der Waals surface area contributed by atoms with Gasteiger partial charge >= 0.3 is 0 Å². The van der Waals surface area contributed by atoms with Crippen LogP contribution in [-0.2, 0) is 0 Å². The van der Waals surface area contributed by atoms with Gasteiger partial charge in [-0.25, -0.2) is 14.1 Å². The Morgan fingerprint density at radius 3 is 2.61 bits per heavy atom. The van der Waals surface area contributed by atoms with E-state index in [1.54, 1.807) is 16.8 Å². The van der Waals surface area contributed by atoms with E-state index < -0.39 is 0 Å². The van der Waals surface area contributed by atoms with E-state index in [9.17, 15) is 9.18 Å². The van der Waals surface area contributed by atoms with Crippen LogP contribution in [-0.4, -0.2) is 26.7 Å². The summed E-state index contributed by atoms with van der Waals surface area (Å²) in [5, 5.41) is 8.86. The van der Waals surface area contributed by atoms with E-state index in [-0.39, 0.29) is 17.8 Å². The molecule has 1 saturated carbocycles. The van der Waals surface area contributed by atoms with Crippen LogP contribution in [0.5, 0.6) is 0 Å². The molecule has 1 aliphatic carbocycles. The third-order valence-electron chi connectivity index (χ3n) is 6.60. The predicted molar refractivity (Wildman–Crippen MR) is 128 cm³/mol. The maximum atomic E-state index is 14.0. The molecule has 0 bridgehead atoms. The molecule has 2 aromatic heterocycles. The van der Waals surface area contributed by atoms with Crippen molar-refractivity contribution in [2.45, 2.75) is 45.6 Å². The number of aromatic nitrogens is 3. The van der Waals surface area contributed by atoms with Crippen LogP contribution in [0.2, 0.25) is 0 Å². The Morgan fingerprint density at radius 1 is 1.06 bits per heavy atom. The second kappa shape index (κ2) is 8.77. The Balaban J connectivity index is 1.64. The van der Waals surface area contributed by atoms with Crippen molar-refractivity contribution in [3.05, 3.63) is 77.7 Å². The van der Waals surface area contributed by atoms with Gasteiger partial charge in [0.15, 0.2) is 5.65 Å². The van der Waals surface area contributed by atoms with Crippen LogP contribution < -0.4 is 5.32 Å². The molecule has 4 aromatic rings. The van der Waals surface area contributed by atoms with Crippen molar-refractivity contribution in [3.63, 3.8) is 0 Å². The van der Waals surface area contributed by atoms with Gasteiger partial charge in [-0.15, -0.1) is 0 Å². The van der Waals surface area contributed by atoms with Crippen LogP contribution in [0.1, 0.15) is 48.7 Å². The van der Waals surface area contributed by atoms with Gasteiger partial charge in [0.25, 0.3) is 5.91 Å². The van der Waals surface area contributed by atoms with Crippen LogP contribution in [0, 0.1) is 18.7 Å². The number of rotatable bonds is 4. The fraction of sp³-hybridized carbons (Fsp3) is 0.296. The predicted octanol–water partition coefficient (Wildman–Crippen LogP) is 5.84. The molecular formula is C27H27FN4O. The minimum Gasteiger partial charge on any atom is -0.348 e. The molecule has 33 heavy (non-hydrogen) atoms. The number of carbonyl (C=O) groups is 1. The molecule has 0 aliphatic heterocycles. The summed E-state index contributed by atoms with van der Waals surface area (Å²) >= 11 is 0. The largest absolute Gasteiger partial charge is 0.348 e. The standard InChI is InChI=1S/C27H27FN4O/c1-17-9-6-7-14-22(17)30-27(33)23-15-18(2)24-25(19-10-4-3-5-11-19)31-32(26(24)29-23)21-13-8-12-20(28)16-21/h3-5,8,10-13,15-17,22H,6-7,9,14H2,1-2H3,(H,30,33)/t17-,22+/m1/s1. The number of fused-ring (bicyclic) bond motifs is 1. The van der Waals surface area contributed by atoms with Crippen molar-refractivity contribution in [3.8, 4) is 16.9 Å². The SMILES string of the molecule is Cc1cc(C(=O)N[C@H]2CCCC[C@H]2C)nc2c1c(-c1ccccc1)nn2-c1cccc(F)c1. The van der Waals surface area contributed by atoms with Gasteiger partial charge in [-0.05, 0) is 55.5 Å². The number of hydrogen-bond acceptors (Lipinski definition) is 3. The molecule has 1 amide bonds. The lowest BCUT2D eigenvalue weighted by molar-refractivity contribution is 0.0905. The van der Waals surface area contributed by atoms with Gasteiger partial charge < -0.3 is 5.32 Å². The summed E-state index contributed by atoms with van der Waals surface area (Å²) in [6.07, 6.45) is 4.47. The van der Waals surface area contributed by atoms with Crippen LogP contribution in [0.3, 0.4) is 0 Å². The Kier molecular flexibility index (Phi) is 5.67. The summed E-state index contributed by atoms with van der Waals surface area (Å²) in [7, 11) is 0. The number of carbonyl (C=O) groups excluding carboxylic acids is 1. The Labute approximate surface area is 192 Å². The number of amides is 1. The van der Waals surface area contributed by atoms with E-state index >= 15 is 0 Å². The smallest absolute Gasteiger partial charge is 0.270 e. The van der Waals surface area contributed by atoms with E-state index in [0.717, 1.165) is 41.5 Å². The summed E-state index contributed by atoms with van der Waals surface area (Å²) in [4.78, 5) is 17.9. The lowest BCUT2D eigenvalue weighted by Crippen LogP contribution is -2.41. The van der Waals surface area contributed by atoms with Gasteiger partial charge in [-0.2, -0.15) is 5.10 Å². The molecule has 0 saturated heterocycles. The first kappa shape index (κ1) is 21.3. The van der Waals surface area contributed by atoms with Crippen molar-refractivity contribution in [2.75, 3.05) is 0 Å². The normalized spacial score (nSPS) is 18.4. The molecule has 5 nitrogen and oxygen atoms in total. The molecule has 2 aromatic carbocycles. The Hall–Kier alpha value is -3.54. The molecule has 6 heteroatoms. The lowest BCUT2D eigenvalue weighted by atomic mass is 9.86. The first-order valence-electron chi connectivity index (χ1n) is 11.5. The molecule has 0 spiro atoms. The average molecular weight is 443 g/mol. The zero-order valence-electron chi connectivity index (χ0n) is 18.9. The molecule has 1 fully saturated rings. The average Bonchev–Trinajstić information content (AvgIpc) is 3.21. The lowest BCUT2D eigenvalue weighted by Gasteiger charge is -2.29. The molecule has 168 valence electrons. The summed E-state index contributed by atoms with van der Waals surface area (Å²) in [5.41, 5.74) is 4.07. The van der Waals surface area contributed by atoms with E-state index in [2.05, 4.69) is 12.2 Å². The zero-order valence-corrected chi connectivity index (χ0v) is 18.9. The van der Waals surface area contributed by atoms with Gasteiger partial charge in [0, 0.05) is 11.6 Å². The number of benzene rings is 2. The number of halogens is 1. The van der Waals surface area contributed by atoms with Gasteiger partial charge in [0.1, 0.15) is 17.2 Å². The van der Waals surface area contributed by atoms with Crippen molar-refractivity contribution < 1.29 is 9.18 Å². The summed E-state index contributed by atoms with van der Waals surface area (Å²) in [5.74, 6) is -0.0728. The van der Waals surface area contributed by atoms with Crippen molar-refractivity contribution >= 4 is 16.9 Å². The minimum atomic E-state index is -0.352. The molecule has 5 rings (SSSR count). The van der Waals surface area contributed by atoms with Crippen molar-refractivity contribution in [2.24, 2.45) is 5.92 Å². The molecule has 2 atom stereocenters. The van der Waals surface area contributed by atoms with Crippen molar-refractivity contribution in [1.29, 1.82) is 0 Å². The molecule has 1 aliphatic rings. The van der Waals surface area contributed by atoms with E-state index in [4.69, 9.17) is 10.1 Å². The van der Waals surface area contributed by atoms with Crippen LogP contribution >= 0.6 is 0 Å². The minimum absolute atomic E-state index is 0.164. The molecule has 0 unspecified atom stereocenters. The monoisotopic (exact) mass is 442 g/mol. The topological polar surface area (TPSA) is 59.8 Å². The number of pyridine rings is 1. The fourth-order valence-corrected chi connectivity index (χ4v) is 4.77.